The highest BCUT2D eigenvalue weighted by Gasteiger charge is 2.23. The van der Waals surface area contributed by atoms with Crippen molar-refractivity contribution in [1.82, 2.24) is 4.98 Å². The number of aliphatic carboxylic acids is 1. The third-order valence-corrected chi connectivity index (χ3v) is 6.67. The smallest absolute Gasteiger partial charge is 0.308 e. The van der Waals surface area contributed by atoms with Gasteiger partial charge in [-0.05, 0) is 41.8 Å². The number of thiazole rings is 1. The van der Waals surface area contributed by atoms with Crippen LogP contribution in [0.25, 0.3) is 11.3 Å². The number of halogens is 2. The second kappa shape index (κ2) is 9.65. The van der Waals surface area contributed by atoms with Crippen LogP contribution < -0.4 is 0 Å². The Balaban J connectivity index is 1.80. The number of hydrogen-bond donors (Lipinski definition) is 1. The Morgan fingerprint density at radius 1 is 0.903 bits per heavy atom. The maximum Gasteiger partial charge on any atom is 0.308 e. The van der Waals surface area contributed by atoms with Crippen LogP contribution in [0.3, 0.4) is 0 Å². The van der Waals surface area contributed by atoms with E-state index in [2.05, 4.69) is 12.1 Å². The Hall–Kier alpha value is -2.66. The van der Waals surface area contributed by atoms with Gasteiger partial charge in [0.25, 0.3) is 0 Å². The molecule has 156 valence electrons. The number of hydrogen-bond acceptors (Lipinski definition) is 3. The standard InChI is InChI=1S/C25H19Cl2NO2S/c26-19-10-6-17(7-11-19)21(14-16-4-2-1-3-5-16)25-28-24(22(31-25)15-23(29)30)18-8-12-20(27)13-9-18/h1-13,21H,14-15H2,(H,29,30). The van der Waals surface area contributed by atoms with Crippen LogP contribution in [0.4, 0.5) is 0 Å². The summed E-state index contributed by atoms with van der Waals surface area (Å²) in [5, 5.41) is 11.6. The first-order valence-corrected chi connectivity index (χ1v) is 11.3. The van der Waals surface area contributed by atoms with E-state index >= 15 is 0 Å². The summed E-state index contributed by atoms with van der Waals surface area (Å²) in [5.74, 6) is -0.894. The molecule has 1 unspecified atom stereocenters. The first-order chi connectivity index (χ1) is 15.0. The van der Waals surface area contributed by atoms with E-state index < -0.39 is 5.97 Å². The molecule has 0 amide bonds. The van der Waals surface area contributed by atoms with Crippen LogP contribution in [0.2, 0.25) is 10.0 Å². The average molecular weight is 468 g/mol. The topological polar surface area (TPSA) is 50.2 Å². The van der Waals surface area contributed by atoms with E-state index in [1.807, 2.05) is 54.6 Å². The van der Waals surface area contributed by atoms with E-state index in [0.717, 1.165) is 27.4 Å². The van der Waals surface area contributed by atoms with E-state index in [-0.39, 0.29) is 12.3 Å². The van der Waals surface area contributed by atoms with Crippen molar-refractivity contribution >= 4 is 40.5 Å². The molecular weight excluding hydrogens is 449 g/mol. The van der Waals surface area contributed by atoms with Crippen LogP contribution in [0.15, 0.2) is 78.9 Å². The Bertz CT molecular complexity index is 1170. The molecule has 4 rings (SSSR count). The van der Waals surface area contributed by atoms with Crippen LogP contribution in [0.5, 0.6) is 0 Å². The van der Waals surface area contributed by atoms with Crippen molar-refractivity contribution in [2.75, 3.05) is 0 Å². The van der Waals surface area contributed by atoms with Crippen LogP contribution in [-0.4, -0.2) is 16.1 Å². The Kier molecular flexibility index (Phi) is 6.71. The molecule has 1 heterocycles. The molecule has 4 aromatic rings. The van der Waals surface area contributed by atoms with Gasteiger partial charge in [-0.15, -0.1) is 11.3 Å². The van der Waals surface area contributed by atoms with Gasteiger partial charge in [0.2, 0.25) is 0 Å². The summed E-state index contributed by atoms with van der Waals surface area (Å²) < 4.78 is 0. The summed E-state index contributed by atoms with van der Waals surface area (Å²) in [6.45, 7) is 0. The highest BCUT2D eigenvalue weighted by atomic mass is 35.5. The Labute approximate surface area is 194 Å². The second-order valence-corrected chi connectivity index (χ2v) is 9.18. The van der Waals surface area contributed by atoms with Gasteiger partial charge in [-0.1, -0.05) is 77.8 Å². The number of aromatic nitrogens is 1. The van der Waals surface area contributed by atoms with Crippen molar-refractivity contribution in [1.29, 1.82) is 0 Å². The molecule has 0 bridgehead atoms. The fraction of sp³-hybridized carbons (Fsp3) is 0.120. The van der Waals surface area contributed by atoms with Gasteiger partial charge in [0.1, 0.15) is 5.01 Å². The minimum absolute atomic E-state index is 0.0155. The molecule has 31 heavy (non-hydrogen) atoms. The molecule has 0 aliphatic heterocycles. The summed E-state index contributed by atoms with van der Waals surface area (Å²) in [7, 11) is 0. The fourth-order valence-corrected chi connectivity index (χ4v) is 4.96. The van der Waals surface area contributed by atoms with Crippen molar-refractivity contribution in [2.45, 2.75) is 18.8 Å². The average Bonchev–Trinajstić information content (AvgIpc) is 3.17. The molecule has 0 saturated heterocycles. The second-order valence-electron chi connectivity index (χ2n) is 7.20. The molecule has 0 fully saturated rings. The lowest BCUT2D eigenvalue weighted by molar-refractivity contribution is -0.136. The zero-order valence-corrected chi connectivity index (χ0v) is 18.8. The molecular formula is C25H19Cl2NO2S. The number of carboxylic acids is 1. The molecule has 1 aromatic heterocycles. The number of carboxylic acid groups (broad SMARTS) is 1. The molecule has 1 atom stereocenters. The van der Waals surface area contributed by atoms with E-state index in [9.17, 15) is 9.90 Å². The van der Waals surface area contributed by atoms with Crippen LogP contribution in [0, 0.1) is 0 Å². The van der Waals surface area contributed by atoms with Crippen LogP contribution in [0.1, 0.15) is 26.9 Å². The van der Waals surface area contributed by atoms with Gasteiger partial charge < -0.3 is 5.11 Å². The lowest BCUT2D eigenvalue weighted by Gasteiger charge is -2.15. The fourth-order valence-electron chi connectivity index (χ4n) is 3.50. The number of benzene rings is 3. The predicted octanol–water partition coefficient (Wildman–Crippen LogP) is 7.12. The molecule has 0 radical (unpaired) electrons. The molecule has 1 N–H and O–H groups in total. The van der Waals surface area contributed by atoms with E-state index in [4.69, 9.17) is 28.2 Å². The van der Waals surface area contributed by atoms with Gasteiger partial charge in [-0.3, -0.25) is 4.79 Å². The van der Waals surface area contributed by atoms with Gasteiger partial charge in [-0.2, -0.15) is 0 Å². The summed E-state index contributed by atoms with van der Waals surface area (Å²) >= 11 is 13.6. The first-order valence-electron chi connectivity index (χ1n) is 9.76. The van der Waals surface area contributed by atoms with Gasteiger partial charge in [-0.25, -0.2) is 4.98 Å². The lowest BCUT2D eigenvalue weighted by atomic mass is 9.92. The minimum Gasteiger partial charge on any atom is -0.481 e. The molecule has 3 nitrogen and oxygen atoms in total. The molecule has 0 saturated carbocycles. The summed E-state index contributed by atoms with van der Waals surface area (Å²) in [6, 6.07) is 25.3. The van der Waals surface area contributed by atoms with E-state index in [1.165, 1.54) is 16.9 Å². The van der Waals surface area contributed by atoms with Crippen molar-refractivity contribution in [3.63, 3.8) is 0 Å². The van der Waals surface area contributed by atoms with Crippen LogP contribution >= 0.6 is 34.5 Å². The highest BCUT2D eigenvalue weighted by molar-refractivity contribution is 7.12. The van der Waals surface area contributed by atoms with Gasteiger partial charge in [0.15, 0.2) is 0 Å². The third-order valence-electron chi connectivity index (χ3n) is 5.00. The third kappa shape index (κ3) is 5.34. The van der Waals surface area contributed by atoms with Gasteiger partial charge in [0, 0.05) is 26.4 Å². The number of carbonyl (C=O) groups is 1. The normalized spacial score (nSPS) is 11.9. The Morgan fingerprint density at radius 2 is 1.52 bits per heavy atom. The van der Waals surface area contributed by atoms with Crippen molar-refractivity contribution < 1.29 is 9.90 Å². The molecule has 0 aliphatic carbocycles. The molecule has 0 aliphatic rings. The SMILES string of the molecule is O=C(O)Cc1sc(C(Cc2ccccc2)c2ccc(Cl)cc2)nc1-c1ccc(Cl)cc1. The predicted molar refractivity (Wildman–Crippen MR) is 127 cm³/mol. The Morgan fingerprint density at radius 3 is 2.13 bits per heavy atom. The van der Waals surface area contributed by atoms with Gasteiger partial charge in [0.05, 0.1) is 12.1 Å². The lowest BCUT2D eigenvalue weighted by Crippen LogP contribution is -2.05. The summed E-state index contributed by atoms with van der Waals surface area (Å²) in [5.41, 5.74) is 3.83. The molecule has 3 aromatic carbocycles. The van der Waals surface area contributed by atoms with Crippen molar-refractivity contribution in [2.24, 2.45) is 0 Å². The summed E-state index contributed by atoms with van der Waals surface area (Å²) in [6.07, 6.45) is 0.677. The van der Waals surface area contributed by atoms with Crippen molar-refractivity contribution in [3.8, 4) is 11.3 Å². The van der Waals surface area contributed by atoms with Gasteiger partial charge >= 0.3 is 5.97 Å². The van der Waals surface area contributed by atoms with E-state index in [0.29, 0.717) is 15.7 Å². The summed E-state index contributed by atoms with van der Waals surface area (Å²) in [4.78, 5) is 17.2. The molecule has 0 spiro atoms. The number of nitrogens with zero attached hydrogens (tertiary/aromatic N) is 1. The maximum absolute atomic E-state index is 11.5. The zero-order chi connectivity index (χ0) is 21.8. The largest absolute Gasteiger partial charge is 0.481 e. The monoisotopic (exact) mass is 467 g/mol. The van der Waals surface area contributed by atoms with Crippen molar-refractivity contribution in [3.05, 3.63) is 110 Å². The van der Waals surface area contributed by atoms with E-state index in [1.54, 1.807) is 12.1 Å². The molecule has 6 heteroatoms. The number of rotatable bonds is 7. The first kappa shape index (κ1) is 21.6. The maximum atomic E-state index is 11.5. The zero-order valence-electron chi connectivity index (χ0n) is 16.5. The quantitative estimate of drug-likeness (QED) is 0.314. The highest BCUT2D eigenvalue weighted by Crippen LogP contribution is 2.37. The minimum atomic E-state index is -0.878. The van der Waals surface area contributed by atoms with Crippen LogP contribution in [-0.2, 0) is 17.6 Å².